The van der Waals surface area contributed by atoms with E-state index in [-0.39, 0.29) is 17.6 Å². The van der Waals surface area contributed by atoms with Crippen molar-refractivity contribution in [2.45, 2.75) is 20.3 Å². The predicted molar refractivity (Wildman–Crippen MR) is 81.7 cm³/mol. The second-order valence-corrected chi connectivity index (χ2v) is 4.96. The fourth-order valence-electron chi connectivity index (χ4n) is 1.80. The van der Waals surface area contributed by atoms with Crippen LogP contribution in [0.5, 0.6) is 0 Å². The van der Waals surface area contributed by atoms with Crippen LogP contribution in [-0.4, -0.2) is 38.5 Å². The fourth-order valence-corrected chi connectivity index (χ4v) is 1.80. The minimum Gasteiger partial charge on any atom is -0.465 e. The van der Waals surface area contributed by atoms with Gasteiger partial charge < -0.3 is 14.3 Å². The van der Waals surface area contributed by atoms with Gasteiger partial charge >= 0.3 is 11.9 Å². The number of benzene rings is 1. The third-order valence-corrected chi connectivity index (χ3v) is 3.00. The number of methoxy groups -OCH3 is 2. The van der Waals surface area contributed by atoms with Gasteiger partial charge in [-0.25, -0.2) is 9.59 Å². The van der Waals surface area contributed by atoms with E-state index in [0.29, 0.717) is 12.2 Å². The van der Waals surface area contributed by atoms with Crippen LogP contribution in [0.15, 0.2) is 29.4 Å². The van der Waals surface area contributed by atoms with E-state index in [0.717, 1.165) is 12.0 Å². The molecule has 22 heavy (non-hydrogen) atoms. The quantitative estimate of drug-likeness (QED) is 0.438. The number of carbonyl (C=O) groups is 2. The van der Waals surface area contributed by atoms with Crippen molar-refractivity contribution in [3.05, 3.63) is 35.4 Å². The summed E-state index contributed by atoms with van der Waals surface area (Å²) < 4.78 is 9.17. The highest BCUT2D eigenvalue weighted by Gasteiger charge is 2.09. The van der Waals surface area contributed by atoms with Gasteiger partial charge in [-0.15, -0.1) is 0 Å². The number of ether oxygens (including phenoxy) is 2. The molecule has 0 radical (unpaired) electrons. The van der Waals surface area contributed by atoms with Crippen molar-refractivity contribution < 1.29 is 23.9 Å². The number of carbonyl (C=O) groups excluding carboxylic acids is 2. The lowest BCUT2D eigenvalue weighted by atomic mass is 10.0. The molecule has 0 N–H and O–H groups in total. The van der Waals surface area contributed by atoms with Crippen LogP contribution in [0.2, 0.25) is 0 Å². The molecule has 0 bridgehead atoms. The van der Waals surface area contributed by atoms with E-state index in [1.54, 1.807) is 12.1 Å². The first kappa shape index (κ1) is 17.7. The van der Waals surface area contributed by atoms with Crippen LogP contribution in [0.1, 0.15) is 29.8 Å². The molecular weight excluding hydrogens is 286 g/mol. The molecule has 1 atom stereocenters. The van der Waals surface area contributed by atoms with Gasteiger partial charge in [0.2, 0.25) is 0 Å². The summed E-state index contributed by atoms with van der Waals surface area (Å²) in [5.41, 5.74) is 1.78. The highest BCUT2D eigenvalue weighted by molar-refractivity contribution is 6.35. The Balaban J connectivity index is 2.47. The molecule has 0 saturated carbocycles. The first-order valence-corrected chi connectivity index (χ1v) is 6.90. The topological polar surface area (TPSA) is 74.2 Å². The summed E-state index contributed by atoms with van der Waals surface area (Å²) in [5.74, 6) is -0.653. The molecule has 0 amide bonds. The van der Waals surface area contributed by atoms with Gasteiger partial charge in [-0.2, -0.15) is 0 Å². The zero-order chi connectivity index (χ0) is 16.5. The lowest BCUT2D eigenvalue weighted by molar-refractivity contribution is -0.133. The third kappa shape index (κ3) is 5.55. The summed E-state index contributed by atoms with van der Waals surface area (Å²) in [5, 5.41) is 3.71. The van der Waals surface area contributed by atoms with Gasteiger partial charge in [0, 0.05) is 0 Å². The summed E-state index contributed by atoms with van der Waals surface area (Å²) in [6, 6.07) is 7.22. The molecule has 1 aromatic rings. The maximum Gasteiger partial charge on any atom is 0.355 e. The summed E-state index contributed by atoms with van der Waals surface area (Å²) in [6.45, 7) is 3.92. The number of nitrogens with zero attached hydrogens (tertiary/aromatic N) is 1. The van der Waals surface area contributed by atoms with E-state index in [4.69, 9.17) is 4.84 Å². The second-order valence-electron chi connectivity index (χ2n) is 4.96. The Morgan fingerprint density at radius 2 is 1.77 bits per heavy atom. The van der Waals surface area contributed by atoms with Gasteiger partial charge in [-0.1, -0.05) is 24.2 Å². The molecule has 0 heterocycles. The molecule has 0 aliphatic rings. The molecule has 6 nitrogen and oxygen atoms in total. The average Bonchev–Trinajstić information content (AvgIpc) is 2.53. The molecule has 6 heteroatoms. The molecule has 0 aliphatic carbocycles. The van der Waals surface area contributed by atoms with E-state index in [2.05, 4.69) is 14.6 Å². The van der Waals surface area contributed by atoms with Gasteiger partial charge in [-0.3, -0.25) is 0 Å². The maximum atomic E-state index is 11.3. The molecule has 0 saturated heterocycles. The summed E-state index contributed by atoms with van der Waals surface area (Å²) >= 11 is 0. The highest BCUT2D eigenvalue weighted by atomic mass is 16.6. The smallest absolute Gasteiger partial charge is 0.355 e. The van der Waals surface area contributed by atoms with Crippen molar-refractivity contribution in [3.63, 3.8) is 0 Å². The number of rotatable bonds is 7. The van der Waals surface area contributed by atoms with Gasteiger partial charge in [-0.05, 0) is 37.0 Å². The summed E-state index contributed by atoms with van der Waals surface area (Å²) in [7, 11) is 2.65. The number of oxime groups is 1. The summed E-state index contributed by atoms with van der Waals surface area (Å²) in [4.78, 5) is 27.6. The zero-order valence-electron chi connectivity index (χ0n) is 13.3. The van der Waals surface area contributed by atoms with E-state index < -0.39 is 5.97 Å². The molecule has 1 aromatic carbocycles. The van der Waals surface area contributed by atoms with Crippen LogP contribution < -0.4 is 0 Å². The van der Waals surface area contributed by atoms with Crippen molar-refractivity contribution in [3.8, 4) is 0 Å². The van der Waals surface area contributed by atoms with Crippen molar-refractivity contribution in [2.75, 3.05) is 20.8 Å². The Kier molecular flexibility index (Phi) is 7.08. The van der Waals surface area contributed by atoms with E-state index >= 15 is 0 Å². The van der Waals surface area contributed by atoms with Crippen LogP contribution in [0, 0.1) is 5.92 Å². The van der Waals surface area contributed by atoms with Crippen molar-refractivity contribution in [1.82, 2.24) is 0 Å². The Bertz CT molecular complexity index is 536. The van der Waals surface area contributed by atoms with Crippen LogP contribution >= 0.6 is 0 Å². The predicted octanol–water partition coefficient (Wildman–Crippen LogP) is 2.22. The zero-order valence-corrected chi connectivity index (χ0v) is 13.3. The Labute approximate surface area is 130 Å². The van der Waals surface area contributed by atoms with E-state index in [1.807, 2.05) is 19.1 Å². The van der Waals surface area contributed by atoms with Gasteiger partial charge in [0.25, 0.3) is 0 Å². The number of esters is 2. The molecule has 0 aromatic heterocycles. The monoisotopic (exact) mass is 307 g/mol. The molecule has 0 spiro atoms. The van der Waals surface area contributed by atoms with Gasteiger partial charge in [0.05, 0.1) is 19.8 Å². The first-order chi connectivity index (χ1) is 10.5. The normalized spacial score (nSPS) is 12.5. The Morgan fingerprint density at radius 3 is 2.32 bits per heavy atom. The van der Waals surface area contributed by atoms with E-state index in [1.165, 1.54) is 21.1 Å². The summed E-state index contributed by atoms with van der Waals surface area (Å²) in [6.07, 6.45) is 0.772. The number of hydrogen-bond donors (Lipinski definition) is 0. The van der Waals surface area contributed by atoms with Crippen molar-refractivity contribution >= 4 is 17.7 Å². The average molecular weight is 307 g/mol. The minimum absolute atomic E-state index is 0.178. The lowest BCUT2D eigenvalue weighted by Crippen LogP contribution is -2.14. The Morgan fingerprint density at radius 1 is 1.14 bits per heavy atom. The van der Waals surface area contributed by atoms with Crippen LogP contribution in [0.4, 0.5) is 0 Å². The van der Waals surface area contributed by atoms with Crippen molar-refractivity contribution in [2.24, 2.45) is 11.1 Å². The fraction of sp³-hybridized carbons (Fsp3) is 0.438. The van der Waals surface area contributed by atoms with Crippen molar-refractivity contribution in [1.29, 1.82) is 0 Å². The molecule has 0 fully saturated rings. The maximum absolute atomic E-state index is 11.3. The number of hydrogen-bond acceptors (Lipinski definition) is 6. The second kappa shape index (κ2) is 8.81. The largest absolute Gasteiger partial charge is 0.465 e. The highest BCUT2D eigenvalue weighted by Crippen LogP contribution is 2.11. The van der Waals surface area contributed by atoms with E-state index in [9.17, 15) is 9.59 Å². The third-order valence-electron chi connectivity index (χ3n) is 3.00. The van der Waals surface area contributed by atoms with Crippen LogP contribution in [0.25, 0.3) is 0 Å². The molecule has 0 aliphatic heterocycles. The Hall–Kier alpha value is -2.37. The van der Waals surface area contributed by atoms with Crippen LogP contribution in [0.3, 0.4) is 0 Å². The molecule has 120 valence electrons. The minimum atomic E-state index is -0.508. The SMILES string of the molecule is COC(=O)/C(C)=N/OCC(C)Cc1ccc(C(=O)OC)cc1. The van der Waals surface area contributed by atoms with Crippen LogP contribution in [-0.2, 0) is 25.5 Å². The molecular formula is C16H21NO5. The molecule has 1 rings (SSSR count). The molecule has 1 unspecified atom stereocenters. The van der Waals surface area contributed by atoms with Gasteiger partial charge in [0.1, 0.15) is 6.61 Å². The standard InChI is InChI=1S/C16H21NO5/c1-11(10-22-17-12(2)15(18)20-3)9-13-5-7-14(8-6-13)16(19)21-4/h5-8,11H,9-10H2,1-4H3/b17-12+. The van der Waals surface area contributed by atoms with Gasteiger partial charge in [0.15, 0.2) is 5.71 Å². The first-order valence-electron chi connectivity index (χ1n) is 6.90. The lowest BCUT2D eigenvalue weighted by Gasteiger charge is -2.10.